The number of hydrogen-bond donors (Lipinski definition) is 1. The van der Waals surface area contributed by atoms with Crippen molar-refractivity contribution in [3.05, 3.63) is 42.2 Å². The van der Waals surface area contributed by atoms with Crippen LogP contribution in [0.4, 0.5) is 4.39 Å². The first-order valence-electron chi connectivity index (χ1n) is 5.34. The van der Waals surface area contributed by atoms with Crippen molar-refractivity contribution in [2.24, 2.45) is 0 Å². The summed E-state index contributed by atoms with van der Waals surface area (Å²) in [6.07, 6.45) is 2.71. The third kappa shape index (κ3) is 3.35. The number of halogens is 1. The highest BCUT2D eigenvalue weighted by Gasteiger charge is 2.08. The summed E-state index contributed by atoms with van der Waals surface area (Å²) in [7, 11) is 1.47. The zero-order valence-corrected chi connectivity index (χ0v) is 9.79. The molecule has 0 aliphatic rings. The van der Waals surface area contributed by atoms with E-state index in [0.717, 1.165) is 6.42 Å². The average molecular weight is 223 g/mol. The van der Waals surface area contributed by atoms with E-state index in [9.17, 15) is 4.39 Å². The van der Waals surface area contributed by atoms with E-state index in [2.05, 4.69) is 11.9 Å². The van der Waals surface area contributed by atoms with E-state index < -0.39 is 0 Å². The molecule has 0 aliphatic carbocycles. The van der Waals surface area contributed by atoms with Crippen LogP contribution in [-0.4, -0.2) is 13.2 Å². The van der Waals surface area contributed by atoms with E-state index in [4.69, 9.17) is 4.74 Å². The highest BCUT2D eigenvalue weighted by molar-refractivity contribution is 5.30. The average Bonchev–Trinajstić information content (AvgIpc) is 2.28. The monoisotopic (exact) mass is 223 g/mol. The van der Waals surface area contributed by atoms with E-state index in [0.29, 0.717) is 18.2 Å². The molecule has 1 atom stereocenters. The Kier molecular flexibility index (Phi) is 4.99. The predicted molar refractivity (Wildman–Crippen MR) is 64.1 cm³/mol. The third-order valence-electron chi connectivity index (χ3n) is 2.42. The Hall–Kier alpha value is -1.35. The Balaban J connectivity index is 2.63. The van der Waals surface area contributed by atoms with Gasteiger partial charge in [-0.1, -0.05) is 18.2 Å². The van der Waals surface area contributed by atoms with Crippen LogP contribution < -0.4 is 10.1 Å². The molecule has 0 aromatic heterocycles. The second kappa shape index (κ2) is 6.28. The highest BCUT2D eigenvalue weighted by atomic mass is 19.1. The fourth-order valence-electron chi connectivity index (χ4n) is 1.47. The van der Waals surface area contributed by atoms with E-state index in [1.54, 1.807) is 18.2 Å². The lowest BCUT2D eigenvalue weighted by atomic mass is 10.1. The number of hydrogen-bond acceptors (Lipinski definition) is 2. The van der Waals surface area contributed by atoms with Gasteiger partial charge in [-0.15, -0.1) is 6.58 Å². The van der Waals surface area contributed by atoms with Crippen LogP contribution >= 0.6 is 0 Å². The van der Waals surface area contributed by atoms with Gasteiger partial charge in [-0.3, -0.25) is 0 Å². The van der Waals surface area contributed by atoms with E-state index in [-0.39, 0.29) is 11.6 Å². The second-order valence-electron chi connectivity index (χ2n) is 3.74. The van der Waals surface area contributed by atoms with Crippen LogP contribution in [0.1, 0.15) is 18.9 Å². The highest BCUT2D eigenvalue weighted by Crippen LogP contribution is 2.19. The number of nitrogens with one attached hydrogen (secondary N) is 1. The zero-order chi connectivity index (χ0) is 12.0. The Labute approximate surface area is 96.1 Å². The van der Waals surface area contributed by atoms with Crippen molar-refractivity contribution in [3.63, 3.8) is 0 Å². The largest absolute Gasteiger partial charge is 0.494 e. The number of methoxy groups -OCH3 is 1. The van der Waals surface area contributed by atoms with Crippen molar-refractivity contribution in [2.75, 3.05) is 7.11 Å². The topological polar surface area (TPSA) is 21.3 Å². The van der Waals surface area contributed by atoms with Gasteiger partial charge in [0.15, 0.2) is 11.6 Å². The summed E-state index contributed by atoms with van der Waals surface area (Å²) in [5, 5.41) is 3.23. The molecule has 0 heterocycles. The Morgan fingerprint density at radius 3 is 2.94 bits per heavy atom. The molecule has 1 aromatic rings. The summed E-state index contributed by atoms with van der Waals surface area (Å²) in [5.41, 5.74) is 0.621. The lowest BCUT2D eigenvalue weighted by molar-refractivity contribution is 0.382. The third-order valence-corrected chi connectivity index (χ3v) is 2.42. The van der Waals surface area contributed by atoms with Crippen molar-refractivity contribution < 1.29 is 9.13 Å². The lowest BCUT2D eigenvalue weighted by Gasteiger charge is -2.13. The molecular weight excluding hydrogens is 205 g/mol. The van der Waals surface area contributed by atoms with Crippen LogP contribution in [0.3, 0.4) is 0 Å². The zero-order valence-electron chi connectivity index (χ0n) is 9.79. The second-order valence-corrected chi connectivity index (χ2v) is 3.74. The summed E-state index contributed by atoms with van der Waals surface area (Å²) >= 11 is 0. The smallest absolute Gasteiger partial charge is 0.169 e. The quantitative estimate of drug-likeness (QED) is 0.749. The van der Waals surface area contributed by atoms with E-state index in [1.807, 2.05) is 13.0 Å². The summed E-state index contributed by atoms with van der Waals surface area (Å²) in [5.74, 6) is -0.000947. The van der Waals surface area contributed by atoms with Crippen LogP contribution in [0, 0.1) is 5.82 Å². The molecular formula is C13H18FNO. The maximum absolute atomic E-state index is 13.7. The van der Waals surface area contributed by atoms with E-state index >= 15 is 0 Å². The molecule has 1 unspecified atom stereocenters. The molecule has 0 radical (unpaired) electrons. The van der Waals surface area contributed by atoms with Gasteiger partial charge in [0, 0.05) is 18.2 Å². The standard InChI is InChI=1S/C13H18FNO/c1-4-6-10(2)15-9-11-7-5-8-12(16-3)13(11)14/h4-5,7-8,10,15H,1,6,9H2,2-3H3. The van der Waals surface area contributed by atoms with Crippen molar-refractivity contribution in [3.8, 4) is 5.75 Å². The summed E-state index contributed by atoms with van der Waals surface area (Å²) in [6.45, 7) is 6.21. The molecule has 0 amide bonds. The first-order chi connectivity index (χ1) is 7.69. The Morgan fingerprint density at radius 1 is 1.56 bits per heavy atom. The number of benzene rings is 1. The molecule has 2 nitrogen and oxygen atoms in total. The fourth-order valence-corrected chi connectivity index (χ4v) is 1.47. The fraction of sp³-hybridized carbons (Fsp3) is 0.385. The first kappa shape index (κ1) is 12.7. The molecule has 0 fully saturated rings. The normalized spacial score (nSPS) is 12.2. The van der Waals surface area contributed by atoms with Crippen LogP contribution in [0.2, 0.25) is 0 Å². The molecule has 3 heteroatoms. The van der Waals surface area contributed by atoms with Gasteiger partial charge in [0.25, 0.3) is 0 Å². The molecule has 0 saturated carbocycles. The van der Waals surface area contributed by atoms with Crippen molar-refractivity contribution in [1.82, 2.24) is 5.32 Å². The maximum atomic E-state index is 13.7. The molecule has 0 saturated heterocycles. The molecule has 88 valence electrons. The minimum Gasteiger partial charge on any atom is -0.494 e. The molecule has 16 heavy (non-hydrogen) atoms. The van der Waals surface area contributed by atoms with Gasteiger partial charge in [-0.2, -0.15) is 0 Å². The molecule has 1 rings (SSSR count). The van der Waals surface area contributed by atoms with Gasteiger partial charge in [0.1, 0.15) is 0 Å². The number of ether oxygens (including phenoxy) is 1. The Morgan fingerprint density at radius 2 is 2.31 bits per heavy atom. The molecule has 0 bridgehead atoms. The maximum Gasteiger partial charge on any atom is 0.169 e. The van der Waals surface area contributed by atoms with Gasteiger partial charge in [-0.05, 0) is 19.4 Å². The van der Waals surface area contributed by atoms with Crippen molar-refractivity contribution >= 4 is 0 Å². The van der Waals surface area contributed by atoms with Crippen molar-refractivity contribution in [2.45, 2.75) is 25.9 Å². The van der Waals surface area contributed by atoms with Crippen LogP contribution in [-0.2, 0) is 6.54 Å². The van der Waals surface area contributed by atoms with Gasteiger partial charge in [0.2, 0.25) is 0 Å². The lowest BCUT2D eigenvalue weighted by Crippen LogP contribution is -2.25. The van der Waals surface area contributed by atoms with Gasteiger partial charge < -0.3 is 10.1 Å². The molecule has 0 spiro atoms. The minimum absolute atomic E-state index is 0.288. The van der Waals surface area contributed by atoms with E-state index in [1.165, 1.54) is 7.11 Å². The summed E-state index contributed by atoms with van der Waals surface area (Å²) < 4.78 is 18.6. The van der Waals surface area contributed by atoms with Crippen LogP contribution in [0.25, 0.3) is 0 Å². The minimum atomic E-state index is -0.289. The SMILES string of the molecule is C=CCC(C)NCc1cccc(OC)c1F. The van der Waals surface area contributed by atoms with Gasteiger partial charge in [0.05, 0.1) is 7.11 Å². The first-order valence-corrected chi connectivity index (χ1v) is 5.34. The number of rotatable bonds is 6. The van der Waals surface area contributed by atoms with Crippen molar-refractivity contribution in [1.29, 1.82) is 0 Å². The van der Waals surface area contributed by atoms with Gasteiger partial charge >= 0.3 is 0 Å². The predicted octanol–water partition coefficient (Wildman–Crippen LogP) is 2.89. The Bertz CT molecular complexity index is 352. The van der Waals surface area contributed by atoms with Gasteiger partial charge in [-0.25, -0.2) is 4.39 Å². The van der Waals surface area contributed by atoms with Crippen LogP contribution in [0.15, 0.2) is 30.9 Å². The van der Waals surface area contributed by atoms with Crippen LogP contribution in [0.5, 0.6) is 5.75 Å². The molecule has 1 N–H and O–H groups in total. The summed E-state index contributed by atoms with van der Waals surface area (Å²) in [6, 6.07) is 5.46. The molecule has 1 aromatic carbocycles. The summed E-state index contributed by atoms with van der Waals surface area (Å²) in [4.78, 5) is 0. The molecule has 0 aliphatic heterocycles.